The minimum Gasteiger partial charge on any atom is -0.382 e. The molecule has 2 heterocycles. The first kappa shape index (κ1) is 22.1. The molecule has 3 N–H and O–H groups in total. The van der Waals surface area contributed by atoms with Gasteiger partial charge in [-0.05, 0) is 62.7 Å². The fourth-order valence-corrected chi connectivity index (χ4v) is 4.09. The Morgan fingerprint density at radius 2 is 2.09 bits per heavy atom. The summed E-state index contributed by atoms with van der Waals surface area (Å²) in [7, 11) is 1.57. The number of carbonyl (C=O) groups excluding carboxylic acids is 2. The SMILES string of the molecule is COCC(NC(=O)c1ccc(N2CC(C)(C)NC2=O)c(C)c1)c1nc2ccc(Cl)cc2[nH]1. The van der Waals surface area contributed by atoms with Crippen molar-refractivity contribution in [1.29, 1.82) is 0 Å². The maximum absolute atomic E-state index is 13.0. The Kier molecular flexibility index (Phi) is 5.83. The molecule has 1 saturated heterocycles. The summed E-state index contributed by atoms with van der Waals surface area (Å²) < 4.78 is 5.30. The molecule has 0 bridgehead atoms. The van der Waals surface area contributed by atoms with E-state index in [0.29, 0.717) is 23.0 Å². The van der Waals surface area contributed by atoms with Crippen LogP contribution in [0.4, 0.5) is 10.5 Å². The van der Waals surface area contributed by atoms with Gasteiger partial charge in [0.25, 0.3) is 5.91 Å². The summed E-state index contributed by atoms with van der Waals surface area (Å²) >= 11 is 6.06. The number of amides is 3. The van der Waals surface area contributed by atoms with Crippen molar-refractivity contribution in [3.63, 3.8) is 0 Å². The molecule has 1 aliphatic rings. The van der Waals surface area contributed by atoms with Gasteiger partial charge < -0.3 is 20.4 Å². The maximum Gasteiger partial charge on any atom is 0.322 e. The number of hydrogen-bond donors (Lipinski definition) is 3. The van der Waals surface area contributed by atoms with Crippen LogP contribution >= 0.6 is 11.6 Å². The number of benzene rings is 2. The number of methoxy groups -OCH3 is 1. The normalized spacial score (nSPS) is 16.3. The summed E-state index contributed by atoms with van der Waals surface area (Å²) in [5, 5.41) is 6.54. The van der Waals surface area contributed by atoms with Crippen molar-refractivity contribution in [2.45, 2.75) is 32.4 Å². The van der Waals surface area contributed by atoms with Gasteiger partial charge in [0, 0.05) is 23.4 Å². The van der Waals surface area contributed by atoms with Gasteiger partial charge >= 0.3 is 6.03 Å². The van der Waals surface area contributed by atoms with Crippen molar-refractivity contribution >= 4 is 40.3 Å². The summed E-state index contributed by atoms with van der Waals surface area (Å²) in [6.07, 6.45) is 0. The quantitative estimate of drug-likeness (QED) is 0.524. The predicted molar refractivity (Wildman–Crippen MR) is 124 cm³/mol. The van der Waals surface area contributed by atoms with Crippen LogP contribution < -0.4 is 15.5 Å². The van der Waals surface area contributed by atoms with Gasteiger partial charge in [-0.3, -0.25) is 9.69 Å². The van der Waals surface area contributed by atoms with E-state index in [-0.39, 0.29) is 24.1 Å². The van der Waals surface area contributed by atoms with Crippen molar-refractivity contribution < 1.29 is 14.3 Å². The van der Waals surface area contributed by atoms with Gasteiger partial charge in [0.15, 0.2) is 0 Å². The third-order valence-electron chi connectivity index (χ3n) is 5.42. The number of aromatic nitrogens is 2. The summed E-state index contributed by atoms with van der Waals surface area (Å²) in [6, 6.07) is 10.1. The molecule has 2 aromatic carbocycles. The zero-order valence-corrected chi connectivity index (χ0v) is 19.2. The average Bonchev–Trinajstić information content (AvgIpc) is 3.26. The van der Waals surface area contributed by atoms with Crippen molar-refractivity contribution in [1.82, 2.24) is 20.6 Å². The van der Waals surface area contributed by atoms with Crippen LogP contribution in [0.15, 0.2) is 36.4 Å². The van der Waals surface area contributed by atoms with Gasteiger partial charge in [-0.1, -0.05) is 11.6 Å². The number of aromatic amines is 1. The number of nitrogens with one attached hydrogen (secondary N) is 3. The number of ether oxygens (including phenoxy) is 1. The van der Waals surface area contributed by atoms with Gasteiger partial charge in [-0.25, -0.2) is 9.78 Å². The first-order valence-electron chi connectivity index (χ1n) is 10.3. The van der Waals surface area contributed by atoms with E-state index in [4.69, 9.17) is 16.3 Å². The third-order valence-corrected chi connectivity index (χ3v) is 5.66. The summed E-state index contributed by atoms with van der Waals surface area (Å²) in [6.45, 7) is 6.65. The molecule has 9 heteroatoms. The number of anilines is 1. The molecule has 0 aliphatic carbocycles. The van der Waals surface area contributed by atoms with E-state index >= 15 is 0 Å². The highest BCUT2D eigenvalue weighted by Gasteiger charge is 2.36. The summed E-state index contributed by atoms with van der Waals surface area (Å²) in [5.41, 5.74) is 3.36. The van der Waals surface area contributed by atoms with E-state index in [2.05, 4.69) is 20.6 Å². The number of imidazole rings is 1. The van der Waals surface area contributed by atoms with Crippen LogP contribution in [0.2, 0.25) is 5.02 Å². The summed E-state index contributed by atoms with van der Waals surface area (Å²) in [4.78, 5) is 34.8. The van der Waals surface area contributed by atoms with Gasteiger partial charge in [0.1, 0.15) is 11.9 Å². The average molecular weight is 456 g/mol. The lowest BCUT2D eigenvalue weighted by Crippen LogP contribution is -2.36. The Morgan fingerprint density at radius 1 is 1.31 bits per heavy atom. The van der Waals surface area contributed by atoms with E-state index in [1.165, 1.54) is 0 Å². The zero-order valence-electron chi connectivity index (χ0n) is 18.5. The predicted octanol–water partition coefficient (Wildman–Crippen LogP) is 3.95. The van der Waals surface area contributed by atoms with Crippen molar-refractivity contribution in [2.24, 2.45) is 0 Å². The Morgan fingerprint density at radius 3 is 2.75 bits per heavy atom. The fourth-order valence-electron chi connectivity index (χ4n) is 3.92. The molecule has 168 valence electrons. The van der Waals surface area contributed by atoms with Gasteiger partial charge in [0.2, 0.25) is 0 Å². The smallest absolute Gasteiger partial charge is 0.322 e. The van der Waals surface area contributed by atoms with E-state index in [0.717, 1.165) is 22.3 Å². The molecule has 4 rings (SSSR count). The molecule has 1 atom stereocenters. The molecule has 1 unspecified atom stereocenters. The van der Waals surface area contributed by atoms with Crippen LogP contribution in [-0.4, -0.2) is 47.7 Å². The highest BCUT2D eigenvalue weighted by molar-refractivity contribution is 6.31. The molecule has 3 aromatic rings. The molecular formula is C23H26ClN5O3. The van der Waals surface area contributed by atoms with Gasteiger partial charge in [-0.2, -0.15) is 0 Å². The molecule has 32 heavy (non-hydrogen) atoms. The van der Waals surface area contributed by atoms with Crippen LogP contribution in [0.3, 0.4) is 0 Å². The van der Waals surface area contributed by atoms with Crippen molar-refractivity contribution in [3.05, 3.63) is 58.4 Å². The monoisotopic (exact) mass is 455 g/mol. The highest BCUT2D eigenvalue weighted by Crippen LogP contribution is 2.27. The minimum atomic E-state index is -0.469. The fraction of sp³-hybridized carbons (Fsp3) is 0.348. The Labute approximate surface area is 191 Å². The second kappa shape index (κ2) is 8.44. The van der Waals surface area contributed by atoms with Crippen LogP contribution in [0.5, 0.6) is 0 Å². The van der Waals surface area contributed by atoms with Crippen molar-refractivity contribution in [3.8, 4) is 0 Å². The van der Waals surface area contributed by atoms with E-state index in [9.17, 15) is 9.59 Å². The van der Waals surface area contributed by atoms with Crippen LogP contribution in [0.25, 0.3) is 11.0 Å². The lowest BCUT2D eigenvalue weighted by Gasteiger charge is -2.20. The molecule has 1 fully saturated rings. The molecule has 3 amide bonds. The second-order valence-corrected chi connectivity index (χ2v) is 9.10. The summed E-state index contributed by atoms with van der Waals surface area (Å²) in [5.74, 6) is 0.327. The standard InChI is InChI=1S/C23H26ClN5O3/c1-13-9-14(5-8-19(13)29-12-23(2,3)28-22(29)31)21(30)27-18(11-32-4)20-25-16-7-6-15(24)10-17(16)26-20/h5-10,18H,11-12H2,1-4H3,(H,25,26)(H,27,30)(H,28,31). The van der Waals surface area contributed by atoms with Gasteiger partial charge in [0.05, 0.1) is 29.7 Å². The van der Waals surface area contributed by atoms with E-state index in [1.807, 2.05) is 26.8 Å². The van der Waals surface area contributed by atoms with Crippen LogP contribution in [0.1, 0.15) is 41.6 Å². The number of urea groups is 1. The molecule has 0 saturated carbocycles. The lowest BCUT2D eigenvalue weighted by atomic mass is 10.1. The molecule has 0 radical (unpaired) electrons. The first-order valence-corrected chi connectivity index (χ1v) is 10.7. The Balaban J connectivity index is 1.54. The number of aryl methyl sites for hydroxylation is 1. The molecule has 1 aliphatic heterocycles. The molecule has 0 spiro atoms. The van der Waals surface area contributed by atoms with Gasteiger partial charge in [-0.15, -0.1) is 0 Å². The third kappa shape index (κ3) is 4.42. The number of H-pyrrole nitrogens is 1. The number of nitrogens with zero attached hydrogens (tertiary/aromatic N) is 2. The number of halogens is 1. The van der Waals surface area contributed by atoms with E-state index < -0.39 is 6.04 Å². The Bertz CT molecular complexity index is 1190. The highest BCUT2D eigenvalue weighted by atomic mass is 35.5. The topological polar surface area (TPSA) is 99.3 Å². The number of fused-ring (bicyclic) bond motifs is 1. The number of carbonyl (C=O) groups is 2. The number of hydrogen-bond acceptors (Lipinski definition) is 4. The minimum absolute atomic E-state index is 0.138. The molecular weight excluding hydrogens is 430 g/mol. The zero-order chi connectivity index (χ0) is 23.0. The van der Waals surface area contributed by atoms with Crippen molar-refractivity contribution in [2.75, 3.05) is 25.2 Å². The molecule has 1 aromatic heterocycles. The van der Waals surface area contributed by atoms with Crippen LogP contribution in [0, 0.1) is 6.92 Å². The second-order valence-electron chi connectivity index (χ2n) is 8.67. The molecule has 8 nitrogen and oxygen atoms in total. The largest absolute Gasteiger partial charge is 0.382 e. The van der Waals surface area contributed by atoms with Crippen LogP contribution in [-0.2, 0) is 4.74 Å². The maximum atomic E-state index is 13.0. The van der Waals surface area contributed by atoms with E-state index in [1.54, 1.807) is 42.3 Å². The number of rotatable bonds is 6. The first-order chi connectivity index (χ1) is 15.2. The Hall–Kier alpha value is -3.10. The lowest BCUT2D eigenvalue weighted by molar-refractivity contribution is 0.0892.